The Morgan fingerprint density at radius 2 is 1.80 bits per heavy atom. The molecule has 0 rings (SSSR count). The molecule has 0 saturated heterocycles. The van der Waals surface area contributed by atoms with Gasteiger partial charge in [0.1, 0.15) is 0 Å². The summed E-state index contributed by atoms with van der Waals surface area (Å²) in [5, 5.41) is 2.67. The molecule has 0 saturated carbocycles. The third-order valence-electron chi connectivity index (χ3n) is 3.21. The van der Waals surface area contributed by atoms with Gasteiger partial charge in [0.05, 0.1) is 6.54 Å². The minimum absolute atomic E-state index is 0.0579. The molecule has 0 aliphatic heterocycles. The highest BCUT2D eigenvalue weighted by Crippen LogP contribution is 2.17. The lowest BCUT2D eigenvalue weighted by Gasteiger charge is -2.22. The first-order valence-electron chi connectivity index (χ1n) is 7.29. The Hall–Kier alpha value is -1.10. The number of carbonyl (C=O) groups excluding carboxylic acids is 2. The van der Waals surface area contributed by atoms with Crippen molar-refractivity contribution in [3.05, 3.63) is 0 Å². The largest absolute Gasteiger partial charge is 0.347 e. The molecule has 0 heterocycles. The van der Waals surface area contributed by atoms with Gasteiger partial charge in [0, 0.05) is 26.1 Å². The quantitative estimate of drug-likeness (QED) is 0.742. The standard InChI is InChI=1S/C15H31N3O2/c1-11(2)12(16)7-8-18(6)14(20)10-17-13(19)9-15(3,4)5/h11-12H,7-10,16H2,1-6H3,(H,17,19). The van der Waals surface area contributed by atoms with Crippen LogP contribution in [0.25, 0.3) is 0 Å². The van der Waals surface area contributed by atoms with Crippen molar-refractivity contribution in [1.82, 2.24) is 10.2 Å². The molecule has 0 fully saturated rings. The molecule has 0 aromatic rings. The number of hydrogen-bond acceptors (Lipinski definition) is 3. The number of amides is 2. The lowest BCUT2D eigenvalue weighted by Crippen LogP contribution is -2.41. The van der Waals surface area contributed by atoms with Gasteiger partial charge in [-0.15, -0.1) is 0 Å². The van der Waals surface area contributed by atoms with Gasteiger partial charge in [-0.25, -0.2) is 0 Å². The van der Waals surface area contributed by atoms with Crippen molar-refractivity contribution in [2.24, 2.45) is 17.1 Å². The molecule has 2 amide bonds. The lowest BCUT2D eigenvalue weighted by molar-refractivity contribution is -0.132. The van der Waals surface area contributed by atoms with Crippen LogP contribution in [0.2, 0.25) is 0 Å². The van der Waals surface area contributed by atoms with Gasteiger partial charge in [0.25, 0.3) is 0 Å². The van der Waals surface area contributed by atoms with E-state index in [-0.39, 0.29) is 29.8 Å². The molecule has 1 unspecified atom stereocenters. The Labute approximate surface area is 123 Å². The fourth-order valence-electron chi connectivity index (χ4n) is 1.65. The van der Waals surface area contributed by atoms with Crippen LogP contribution in [-0.4, -0.2) is 42.9 Å². The van der Waals surface area contributed by atoms with Crippen LogP contribution in [0.4, 0.5) is 0 Å². The zero-order valence-corrected chi connectivity index (χ0v) is 13.8. The third-order valence-corrected chi connectivity index (χ3v) is 3.21. The second kappa shape index (κ2) is 8.25. The van der Waals surface area contributed by atoms with E-state index in [0.29, 0.717) is 18.9 Å². The van der Waals surface area contributed by atoms with E-state index in [1.165, 1.54) is 0 Å². The zero-order valence-electron chi connectivity index (χ0n) is 13.8. The summed E-state index contributed by atoms with van der Waals surface area (Å²) in [6, 6.07) is 0.0979. The number of nitrogens with zero attached hydrogens (tertiary/aromatic N) is 1. The minimum atomic E-state index is -0.0851. The summed E-state index contributed by atoms with van der Waals surface area (Å²) in [4.78, 5) is 25.1. The maximum absolute atomic E-state index is 11.9. The molecule has 0 aliphatic carbocycles. The molecule has 0 bridgehead atoms. The number of rotatable bonds is 7. The van der Waals surface area contributed by atoms with Crippen molar-refractivity contribution in [1.29, 1.82) is 0 Å². The number of carbonyl (C=O) groups is 2. The summed E-state index contributed by atoms with van der Waals surface area (Å²) >= 11 is 0. The zero-order chi connectivity index (χ0) is 15.9. The second-order valence-corrected chi connectivity index (χ2v) is 7.03. The van der Waals surface area contributed by atoms with Gasteiger partial charge in [-0.2, -0.15) is 0 Å². The summed E-state index contributed by atoms with van der Waals surface area (Å²) in [7, 11) is 1.74. The predicted octanol–water partition coefficient (Wildman–Crippen LogP) is 1.37. The molecule has 20 heavy (non-hydrogen) atoms. The van der Waals surface area contributed by atoms with Crippen LogP contribution in [0.3, 0.4) is 0 Å². The first-order valence-corrected chi connectivity index (χ1v) is 7.29. The molecule has 5 heteroatoms. The molecule has 0 radical (unpaired) electrons. The average Bonchev–Trinajstić information content (AvgIpc) is 2.30. The molecule has 0 aromatic heterocycles. The van der Waals surface area contributed by atoms with Crippen molar-refractivity contribution < 1.29 is 9.59 Å². The van der Waals surface area contributed by atoms with Gasteiger partial charge in [0.15, 0.2) is 0 Å². The molecule has 0 aromatic carbocycles. The van der Waals surface area contributed by atoms with Crippen molar-refractivity contribution in [2.45, 2.75) is 53.5 Å². The molecular weight excluding hydrogens is 254 g/mol. The first-order chi connectivity index (χ1) is 9.03. The van der Waals surface area contributed by atoms with Gasteiger partial charge in [-0.1, -0.05) is 34.6 Å². The van der Waals surface area contributed by atoms with Crippen molar-refractivity contribution in [3.8, 4) is 0 Å². The van der Waals surface area contributed by atoms with Crippen LogP contribution in [-0.2, 0) is 9.59 Å². The van der Waals surface area contributed by atoms with Gasteiger partial charge in [0.2, 0.25) is 11.8 Å². The van der Waals surface area contributed by atoms with E-state index in [1.54, 1.807) is 11.9 Å². The van der Waals surface area contributed by atoms with Crippen LogP contribution in [0.5, 0.6) is 0 Å². The van der Waals surface area contributed by atoms with Crippen LogP contribution in [0, 0.1) is 11.3 Å². The summed E-state index contributed by atoms with van der Waals surface area (Å²) in [5.41, 5.74) is 5.88. The van der Waals surface area contributed by atoms with Gasteiger partial charge >= 0.3 is 0 Å². The monoisotopic (exact) mass is 285 g/mol. The summed E-state index contributed by atoms with van der Waals surface area (Å²) in [6.07, 6.45) is 1.19. The fraction of sp³-hybridized carbons (Fsp3) is 0.867. The van der Waals surface area contributed by atoms with E-state index < -0.39 is 0 Å². The Morgan fingerprint density at radius 1 is 1.25 bits per heavy atom. The Kier molecular flexibility index (Phi) is 7.79. The molecular formula is C15H31N3O2. The van der Waals surface area contributed by atoms with Crippen LogP contribution >= 0.6 is 0 Å². The highest BCUT2D eigenvalue weighted by molar-refractivity contribution is 5.84. The Bertz CT molecular complexity index is 322. The molecule has 5 nitrogen and oxygen atoms in total. The molecule has 1 atom stereocenters. The van der Waals surface area contributed by atoms with Crippen LogP contribution in [0.15, 0.2) is 0 Å². The Balaban J connectivity index is 4.00. The van der Waals surface area contributed by atoms with E-state index >= 15 is 0 Å². The SMILES string of the molecule is CC(C)C(N)CCN(C)C(=O)CNC(=O)CC(C)(C)C. The van der Waals surface area contributed by atoms with E-state index in [1.807, 2.05) is 20.8 Å². The normalized spacial score (nSPS) is 13.2. The Morgan fingerprint density at radius 3 is 2.25 bits per heavy atom. The predicted molar refractivity (Wildman–Crippen MR) is 82.1 cm³/mol. The van der Waals surface area contributed by atoms with Gasteiger partial charge in [-0.3, -0.25) is 9.59 Å². The van der Waals surface area contributed by atoms with E-state index in [0.717, 1.165) is 6.42 Å². The third kappa shape index (κ3) is 8.91. The number of nitrogens with two attached hydrogens (primary N) is 1. The van der Waals surface area contributed by atoms with E-state index in [4.69, 9.17) is 5.73 Å². The van der Waals surface area contributed by atoms with Crippen LogP contribution < -0.4 is 11.1 Å². The molecule has 0 aliphatic rings. The highest BCUT2D eigenvalue weighted by atomic mass is 16.2. The lowest BCUT2D eigenvalue weighted by atomic mass is 9.92. The van der Waals surface area contributed by atoms with E-state index in [9.17, 15) is 9.59 Å². The fourth-order valence-corrected chi connectivity index (χ4v) is 1.65. The van der Waals surface area contributed by atoms with Gasteiger partial charge < -0.3 is 16.0 Å². The van der Waals surface area contributed by atoms with Gasteiger partial charge in [-0.05, 0) is 17.8 Å². The number of nitrogens with one attached hydrogen (secondary N) is 1. The maximum atomic E-state index is 11.9. The smallest absolute Gasteiger partial charge is 0.241 e. The number of likely N-dealkylation sites (N-methyl/N-ethyl adjacent to an activating group) is 1. The van der Waals surface area contributed by atoms with E-state index in [2.05, 4.69) is 19.2 Å². The van der Waals surface area contributed by atoms with Crippen molar-refractivity contribution in [3.63, 3.8) is 0 Å². The first kappa shape index (κ1) is 18.9. The molecule has 118 valence electrons. The topological polar surface area (TPSA) is 75.4 Å². The summed E-state index contributed by atoms with van der Waals surface area (Å²) < 4.78 is 0. The van der Waals surface area contributed by atoms with Crippen LogP contribution in [0.1, 0.15) is 47.5 Å². The average molecular weight is 285 g/mol. The maximum Gasteiger partial charge on any atom is 0.241 e. The minimum Gasteiger partial charge on any atom is -0.347 e. The summed E-state index contributed by atoms with van der Waals surface area (Å²) in [6.45, 7) is 10.8. The summed E-state index contributed by atoms with van der Waals surface area (Å²) in [5.74, 6) is 0.242. The molecule has 0 spiro atoms. The number of hydrogen-bond donors (Lipinski definition) is 2. The molecule has 3 N–H and O–H groups in total. The second-order valence-electron chi connectivity index (χ2n) is 7.03. The van der Waals surface area contributed by atoms with Crippen molar-refractivity contribution >= 4 is 11.8 Å². The van der Waals surface area contributed by atoms with Crippen molar-refractivity contribution in [2.75, 3.05) is 20.1 Å². The highest BCUT2D eigenvalue weighted by Gasteiger charge is 2.17.